The van der Waals surface area contributed by atoms with Crippen molar-refractivity contribution in [3.63, 3.8) is 0 Å². The monoisotopic (exact) mass is 288 g/mol. The molecule has 21 heavy (non-hydrogen) atoms. The fraction of sp³-hybridized carbons (Fsp3) is 0.333. The van der Waals surface area contributed by atoms with Crippen molar-refractivity contribution >= 4 is 0 Å². The molecule has 0 amide bonds. The van der Waals surface area contributed by atoms with Gasteiger partial charge >= 0.3 is 0 Å². The maximum atomic E-state index is 5.62. The van der Waals surface area contributed by atoms with Gasteiger partial charge in [0.05, 0.1) is 26.0 Å². The van der Waals surface area contributed by atoms with E-state index in [1.165, 1.54) is 5.56 Å². The van der Waals surface area contributed by atoms with E-state index in [4.69, 9.17) is 15.3 Å². The van der Waals surface area contributed by atoms with E-state index in [-0.39, 0.29) is 6.04 Å². The van der Waals surface area contributed by atoms with Crippen LogP contribution in [0.3, 0.4) is 0 Å². The van der Waals surface area contributed by atoms with E-state index in [9.17, 15) is 0 Å². The van der Waals surface area contributed by atoms with Crippen LogP contribution in [-0.4, -0.2) is 24.4 Å². The highest BCUT2D eigenvalue weighted by Crippen LogP contribution is 2.19. The molecule has 0 saturated heterocycles. The highest BCUT2D eigenvalue weighted by atomic mass is 16.5. The standard InChI is InChI=1S/C15H20N4O2/c1-20-12-6-3-11(4-7-12)5-8-13(17-16)14-9-10-15(21-2)19-18-14/h3-4,6-7,9-10,13,17H,5,8,16H2,1-2H3. The SMILES string of the molecule is COc1ccc(CCC(NN)c2ccc(OC)nn2)cc1. The lowest BCUT2D eigenvalue weighted by molar-refractivity contribution is 0.388. The molecule has 2 rings (SSSR count). The average Bonchev–Trinajstić information content (AvgIpc) is 2.56. The van der Waals surface area contributed by atoms with E-state index in [2.05, 4.69) is 15.6 Å². The van der Waals surface area contributed by atoms with Crippen LogP contribution in [0, 0.1) is 0 Å². The Morgan fingerprint density at radius 1 is 1.05 bits per heavy atom. The molecule has 1 heterocycles. The largest absolute Gasteiger partial charge is 0.497 e. The van der Waals surface area contributed by atoms with E-state index in [0.29, 0.717) is 5.88 Å². The molecule has 3 N–H and O–H groups in total. The first-order chi connectivity index (χ1) is 10.3. The summed E-state index contributed by atoms with van der Waals surface area (Å²) in [5.74, 6) is 6.96. The highest BCUT2D eigenvalue weighted by Gasteiger charge is 2.12. The third kappa shape index (κ3) is 4.14. The van der Waals surface area contributed by atoms with Crippen LogP contribution in [0.15, 0.2) is 36.4 Å². The van der Waals surface area contributed by atoms with E-state index >= 15 is 0 Å². The molecule has 6 heteroatoms. The summed E-state index contributed by atoms with van der Waals surface area (Å²) in [6, 6.07) is 11.6. The quantitative estimate of drug-likeness (QED) is 0.595. The van der Waals surface area contributed by atoms with Crippen LogP contribution in [0.25, 0.3) is 0 Å². The van der Waals surface area contributed by atoms with Crippen LogP contribution in [0.1, 0.15) is 23.7 Å². The minimum atomic E-state index is -0.0505. The second-order valence-corrected chi connectivity index (χ2v) is 4.61. The van der Waals surface area contributed by atoms with Gasteiger partial charge in [-0.3, -0.25) is 11.3 Å². The number of hydrogen-bond donors (Lipinski definition) is 2. The normalized spacial score (nSPS) is 12.0. The number of nitrogens with one attached hydrogen (secondary N) is 1. The first kappa shape index (κ1) is 15.2. The predicted octanol–water partition coefficient (Wildman–Crippen LogP) is 1.63. The fourth-order valence-corrected chi connectivity index (χ4v) is 2.04. The highest BCUT2D eigenvalue weighted by molar-refractivity contribution is 5.27. The molecule has 1 atom stereocenters. The maximum Gasteiger partial charge on any atom is 0.233 e. The minimum Gasteiger partial charge on any atom is -0.497 e. The van der Waals surface area contributed by atoms with Gasteiger partial charge in [-0.2, -0.15) is 5.10 Å². The number of hydrazine groups is 1. The van der Waals surface area contributed by atoms with E-state index in [1.807, 2.05) is 30.3 Å². The lowest BCUT2D eigenvalue weighted by Crippen LogP contribution is -2.29. The molecule has 0 bridgehead atoms. The van der Waals surface area contributed by atoms with Crippen molar-refractivity contribution in [1.29, 1.82) is 0 Å². The molecule has 0 aliphatic heterocycles. The van der Waals surface area contributed by atoms with Crippen molar-refractivity contribution in [2.24, 2.45) is 5.84 Å². The van der Waals surface area contributed by atoms with Crippen LogP contribution in [0.4, 0.5) is 0 Å². The zero-order chi connectivity index (χ0) is 15.1. The van der Waals surface area contributed by atoms with Gasteiger partial charge in [0.25, 0.3) is 0 Å². The fourth-order valence-electron chi connectivity index (χ4n) is 2.04. The van der Waals surface area contributed by atoms with Crippen molar-refractivity contribution < 1.29 is 9.47 Å². The van der Waals surface area contributed by atoms with Crippen LogP contribution in [-0.2, 0) is 6.42 Å². The van der Waals surface area contributed by atoms with Crippen molar-refractivity contribution in [1.82, 2.24) is 15.6 Å². The van der Waals surface area contributed by atoms with Crippen molar-refractivity contribution in [2.45, 2.75) is 18.9 Å². The smallest absolute Gasteiger partial charge is 0.233 e. The summed E-state index contributed by atoms with van der Waals surface area (Å²) < 4.78 is 10.1. The van der Waals surface area contributed by atoms with E-state index < -0.39 is 0 Å². The van der Waals surface area contributed by atoms with Gasteiger partial charge in [-0.25, -0.2) is 0 Å². The molecule has 0 fully saturated rings. The van der Waals surface area contributed by atoms with Gasteiger partial charge in [0, 0.05) is 6.07 Å². The maximum absolute atomic E-state index is 5.62. The summed E-state index contributed by atoms with van der Waals surface area (Å²) in [6.45, 7) is 0. The Labute approximate surface area is 124 Å². The van der Waals surface area contributed by atoms with Gasteiger partial charge in [-0.15, -0.1) is 5.10 Å². The lowest BCUT2D eigenvalue weighted by Gasteiger charge is -2.15. The van der Waals surface area contributed by atoms with Crippen LogP contribution in [0.2, 0.25) is 0 Å². The second-order valence-electron chi connectivity index (χ2n) is 4.61. The number of hydrogen-bond acceptors (Lipinski definition) is 6. The molecule has 0 saturated carbocycles. The first-order valence-corrected chi connectivity index (χ1v) is 6.73. The summed E-state index contributed by atoms with van der Waals surface area (Å²) in [5.41, 5.74) is 4.80. The summed E-state index contributed by atoms with van der Waals surface area (Å²) >= 11 is 0. The number of benzene rings is 1. The van der Waals surface area contributed by atoms with Crippen molar-refractivity contribution in [2.75, 3.05) is 14.2 Å². The molecule has 2 aromatic rings. The summed E-state index contributed by atoms with van der Waals surface area (Å²) in [5, 5.41) is 8.08. The van der Waals surface area contributed by atoms with Gasteiger partial charge in [0.2, 0.25) is 5.88 Å². The van der Waals surface area contributed by atoms with Gasteiger partial charge in [-0.1, -0.05) is 12.1 Å². The number of ether oxygens (including phenoxy) is 2. The predicted molar refractivity (Wildman–Crippen MR) is 80.0 cm³/mol. The Balaban J connectivity index is 1.97. The van der Waals surface area contributed by atoms with Crippen LogP contribution in [0.5, 0.6) is 11.6 Å². The topological polar surface area (TPSA) is 82.3 Å². The Kier molecular flexibility index (Phi) is 5.48. The van der Waals surface area contributed by atoms with Gasteiger partial charge in [0.15, 0.2) is 0 Å². The third-order valence-corrected chi connectivity index (χ3v) is 3.31. The zero-order valence-corrected chi connectivity index (χ0v) is 12.2. The van der Waals surface area contributed by atoms with Gasteiger partial charge in [-0.05, 0) is 36.6 Å². The number of nitrogens with zero attached hydrogens (tertiary/aromatic N) is 2. The number of rotatable bonds is 7. The van der Waals surface area contributed by atoms with Gasteiger partial charge in [0.1, 0.15) is 5.75 Å². The van der Waals surface area contributed by atoms with Crippen molar-refractivity contribution in [3.05, 3.63) is 47.7 Å². The number of aryl methyl sites for hydroxylation is 1. The molecular formula is C15H20N4O2. The van der Waals surface area contributed by atoms with Crippen LogP contribution < -0.4 is 20.7 Å². The molecule has 1 aromatic heterocycles. The summed E-state index contributed by atoms with van der Waals surface area (Å²) in [4.78, 5) is 0. The van der Waals surface area contributed by atoms with Gasteiger partial charge < -0.3 is 9.47 Å². The Morgan fingerprint density at radius 2 is 1.81 bits per heavy atom. The number of methoxy groups -OCH3 is 2. The average molecular weight is 288 g/mol. The molecule has 112 valence electrons. The lowest BCUT2D eigenvalue weighted by atomic mass is 10.0. The van der Waals surface area contributed by atoms with Crippen LogP contribution >= 0.6 is 0 Å². The number of aromatic nitrogens is 2. The van der Waals surface area contributed by atoms with E-state index in [1.54, 1.807) is 20.3 Å². The summed E-state index contributed by atoms with van der Waals surface area (Å²) in [6.07, 6.45) is 1.70. The first-order valence-electron chi connectivity index (χ1n) is 6.73. The number of nitrogens with two attached hydrogens (primary N) is 1. The van der Waals surface area contributed by atoms with E-state index in [0.717, 1.165) is 24.3 Å². The molecule has 0 aliphatic carbocycles. The Bertz CT molecular complexity index is 543. The van der Waals surface area contributed by atoms with Crippen molar-refractivity contribution in [3.8, 4) is 11.6 Å². The molecule has 0 radical (unpaired) electrons. The Hall–Kier alpha value is -2.18. The summed E-state index contributed by atoms with van der Waals surface area (Å²) in [7, 11) is 3.22. The minimum absolute atomic E-state index is 0.0505. The Morgan fingerprint density at radius 3 is 2.33 bits per heavy atom. The molecule has 0 aliphatic rings. The molecule has 6 nitrogen and oxygen atoms in total. The second kappa shape index (κ2) is 7.56. The third-order valence-electron chi connectivity index (χ3n) is 3.31. The molecular weight excluding hydrogens is 268 g/mol. The molecule has 1 unspecified atom stereocenters. The molecule has 0 spiro atoms. The molecule has 1 aromatic carbocycles. The zero-order valence-electron chi connectivity index (χ0n) is 12.2.